The predicted molar refractivity (Wildman–Crippen MR) is 130 cm³/mol. The summed E-state index contributed by atoms with van der Waals surface area (Å²) in [7, 11) is 0.438. The van der Waals surface area contributed by atoms with E-state index in [1.807, 2.05) is 38.1 Å². The Kier molecular flexibility index (Phi) is 8.76. The van der Waals surface area contributed by atoms with Crippen molar-refractivity contribution in [1.29, 1.82) is 0 Å². The Labute approximate surface area is 199 Å². The van der Waals surface area contributed by atoms with Gasteiger partial charge in [0.2, 0.25) is 15.7 Å². The molecule has 12 heteroatoms. The third kappa shape index (κ3) is 6.14. The van der Waals surface area contributed by atoms with Gasteiger partial charge in [-0.05, 0) is 37.2 Å². The summed E-state index contributed by atoms with van der Waals surface area (Å²) in [6.07, 6.45) is 2.01. The van der Waals surface area contributed by atoms with E-state index >= 15 is 0 Å². The van der Waals surface area contributed by atoms with E-state index in [9.17, 15) is 9.00 Å². The van der Waals surface area contributed by atoms with Crippen molar-refractivity contribution in [3.05, 3.63) is 24.3 Å². The molecule has 9 nitrogen and oxygen atoms in total. The maximum Gasteiger partial charge on any atom is 0.329 e. The first-order valence-electron chi connectivity index (χ1n) is 10.4. The van der Waals surface area contributed by atoms with Crippen molar-refractivity contribution in [3.8, 4) is 5.75 Å². The third-order valence-corrected chi connectivity index (χ3v) is 7.38. The number of carbonyl (C=O) groups is 1. The molecule has 2 aromatic rings. The molecule has 2 heterocycles. The summed E-state index contributed by atoms with van der Waals surface area (Å²) in [5.41, 5.74) is 0.720. The van der Waals surface area contributed by atoms with Crippen LogP contribution in [-0.4, -0.2) is 62.7 Å². The average molecular weight is 498 g/mol. The molecule has 0 bridgehead atoms. The van der Waals surface area contributed by atoms with Gasteiger partial charge in [-0.15, -0.1) is 10.2 Å². The smallest absolute Gasteiger partial charge is 0.329 e. The average Bonchev–Trinajstić information content (AvgIpc) is 3.35. The number of hydrogen-bond donors (Lipinski definition) is 1. The number of nitrogens with one attached hydrogen (secondary N) is 1. The highest BCUT2D eigenvalue weighted by Gasteiger charge is 2.40. The van der Waals surface area contributed by atoms with Crippen LogP contribution in [0.4, 0.5) is 15.6 Å². The van der Waals surface area contributed by atoms with Gasteiger partial charge >= 0.3 is 6.03 Å². The number of rotatable bonds is 10. The van der Waals surface area contributed by atoms with E-state index < -0.39 is 17.0 Å². The summed E-state index contributed by atoms with van der Waals surface area (Å²) >= 11 is 6.50. The number of urea groups is 1. The van der Waals surface area contributed by atoms with Crippen LogP contribution in [0.1, 0.15) is 33.1 Å². The lowest BCUT2D eigenvalue weighted by molar-refractivity contribution is 0.201. The number of unbranched alkanes of at least 4 members (excludes halogenated alkanes) is 1. The lowest BCUT2D eigenvalue weighted by Gasteiger charge is -2.21. The molecule has 1 fully saturated rings. The normalized spacial score (nSPS) is 16.8. The molecule has 2 amide bonds. The number of nitrogens with zero attached hydrogens (tertiary/aromatic N) is 4. The van der Waals surface area contributed by atoms with Crippen molar-refractivity contribution >= 4 is 56.4 Å². The first-order chi connectivity index (χ1) is 15.4. The summed E-state index contributed by atoms with van der Waals surface area (Å²) in [4.78, 5) is 15.6. The van der Waals surface area contributed by atoms with Crippen molar-refractivity contribution in [2.75, 3.05) is 36.2 Å². The molecule has 3 rings (SSSR count). The van der Waals surface area contributed by atoms with Crippen molar-refractivity contribution in [2.45, 2.75) is 43.7 Å². The minimum Gasteiger partial charge on any atom is -0.494 e. The molecule has 0 radical (unpaired) electrons. The van der Waals surface area contributed by atoms with Gasteiger partial charge in [-0.1, -0.05) is 37.7 Å². The lowest BCUT2D eigenvalue weighted by Crippen LogP contribution is -2.38. The number of amides is 2. The first kappa shape index (κ1) is 24.3. The molecule has 0 aliphatic carbocycles. The number of hydrogen-bond acceptors (Lipinski definition) is 8. The van der Waals surface area contributed by atoms with E-state index in [-0.39, 0.29) is 11.2 Å². The summed E-state index contributed by atoms with van der Waals surface area (Å²) < 4.78 is 24.3. The SMILES string of the molecule is CCCCS(=O)c1nnc(N2C(=O)N(C)CC2OC(=S)Nc2cccc(OCCC)c2)s1. The molecule has 2 atom stereocenters. The molecule has 1 aliphatic heterocycles. The van der Waals surface area contributed by atoms with Crippen LogP contribution in [-0.2, 0) is 15.5 Å². The minimum absolute atomic E-state index is 0.118. The molecule has 2 unspecified atom stereocenters. The molecule has 32 heavy (non-hydrogen) atoms. The monoisotopic (exact) mass is 497 g/mol. The van der Waals surface area contributed by atoms with Crippen LogP contribution in [0.15, 0.2) is 28.6 Å². The van der Waals surface area contributed by atoms with E-state index in [2.05, 4.69) is 15.5 Å². The molecule has 1 saturated heterocycles. The van der Waals surface area contributed by atoms with E-state index in [4.69, 9.17) is 21.7 Å². The summed E-state index contributed by atoms with van der Waals surface area (Å²) in [6.45, 7) is 5.01. The van der Waals surface area contributed by atoms with Gasteiger partial charge in [0.05, 0.1) is 24.0 Å². The van der Waals surface area contributed by atoms with Gasteiger partial charge in [-0.25, -0.2) is 9.69 Å². The first-order valence-corrected chi connectivity index (χ1v) is 12.9. The molecular formula is C20H27N5O4S3. The zero-order valence-electron chi connectivity index (χ0n) is 18.3. The quantitative estimate of drug-likeness (QED) is 0.391. The van der Waals surface area contributed by atoms with Crippen LogP contribution in [0.25, 0.3) is 0 Å². The lowest BCUT2D eigenvalue weighted by atomic mass is 10.3. The van der Waals surface area contributed by atoms with Crippen LogP contribution >= 0.6 is 23.6 Å². The second-order valence-electron chi connectivity index (χ2n) is 7.15. The highest BCUT2D eigenvalue weighted by atomic mass is 32.2. The topological polar surface area (TPSA) is 96.9 Å². The summed E-state index contributed by atoms with van der Waals surface area (Å²) in [5.74, 6) is 1.25. The second-order valence-corrected chi connectivity index (χ2v) is 10.2. The minimum atomic E-state index is -1.23. The van der Waals surface area contributed by atoms with Gasteiger partial charge in [0.1, 0.15) is 5.75 Å². The van der Waals surface area contributed by atoms with E-state index in [0.29, 0.717) is 28.4 Å². The number of carbonyl (C=O) groups excluding carboxylic acids is 1. The van der Waals surface area contributed by atoms with Crippen molar-refractivity contribution < 1.29 is 18.5 Å². The molecular weight excluding hydrogens is 470 g/mol. The molecule has 0 spiro atoms. The number of benzene rings is 1. The fourth-order valence-corrected chi connectivity index (χ4v) is 5.45. The standard InChI is InChI=1S/C20H27N5O4S3/c1-4-6-11-32(27)19-23-22-17(31-19)25-16(13-24(3)20(25)26)29-18(30)21-14-8-7-9-15(12-14)28-10-5-2/h7-9,12,16H,4-6,10-11,13H2,1-3H3,(H,21,30). The molecule has 174 valence electrons. The summed E-state index contributed by atoms with van der Waals surface area (Å²) in [6, 6.07) is 7.12. The highest BCUT2D eigenvalue weighted by Crippen LogP contribution is 2.30. The Hall–Kier alpha value is -2.31. The Bertz CT molecular complexity index is 970. The third-order valence-electron chi connectivity index (χ3n) is 4.53. The Balaban J connectivity index is 1.67. The van der Waals surface area contributed by atoms with Crippen LogP contribution in [0.3, 0.4) is 0 Å². The number of likely N-dealkylation sites (N-methyl/N-ethyl adjacent to an activating group) is 1. The highest BCUT2D eigenvalue weighted by molar-refractivity contribution is 7.87. The largest absolute Gasteiger partial charge is 0.494 e. The zero-order valence-corrected chi connectivity index (χ0v) is 20.7. The van der Waals surface area contributed by atoms with Gasteiger partial charge < -0.3 is 19.7 Å². The van der Waals surface area contributed by atoms with Crippen molar-refractivity contribution in [3.63, 3.8) is 0 Å². The van der Waals surface area contributed by atoms with Crippen LogP contribution < -0.4 is 15.0 Å². The number of anilines is 2. The van der Waals surface area contributed by atoms with Gasteiger partial charge in [0.15, 0.2) is 0 Å². The second kappa shape index (κ2) is 11.5. The molecule has 1 aromatic carbocycles. The van der Waals surface area contributed by atoms with Crippen LogP contribution in [0.5, 0.6) is 5.75 Å². The Morgan fingerprint density at radius 2 is 2.16 bits per heavy atom. The fraction of sp³-hybridized carbons (Fsp3) is 0.500. The maximum absolute atomic E-state index is 12.7. The van der Waals surface area contributed by atoms with Crippen LogP contribution in [0, 0.1) is 0 Å². The van der Waals surface area contributed by atoms with Crippen molar-refractivity contribution in [1.82, 2.24) is 15.1 Å². The zero-order chi connectivity index (χ0) is 23.1. The van der Waals surface area contributed by atoms with Gasteiger partial charge in [-0.3, -0.25) is 4.21 Å². The molecule has 1 aromatic heterocycles. The Morgan fingerprint density at radius 1 is 1.34 bits per heavy atom. The van der Waals surface area contributed by atoms with Gasteiger partial charge in [-0.2, -0.15) is 0 Å². The van der Waals surface area contributed by atoms with Crippen molar-refractivity contribution in [2.24, 2.45) is 0 Å². The molecule has 1 aliphatic rings. The fourth-order valence-electron chi connectivity index (χ4n) is 2.91. The molecule has 1 N–H and O–H groups in total. The Morgan fingerprint density at radius 3 is 2.91 bits per heavy atom. The van der Waals surface area contributed by atoms with E-state index in [0.717, 1.165) is 42.0 Å². The van der Waals surface area contributed by atoms with Gasteiger partial charge in [0.25, 0.3) is 5.17 Å². The van der Waals surface area contributed by atoms with Gasteiger partial charge in [0, 0.05) is 24.6 Å². The van der Waals surface area contributed by atoms with Crippen LogP contribution in [0.2, 0.25) is 0 Å². The molecule has 0 saturated carbocycles. The maximum atomic E-state index is 12.7. The van der Waals surface area contributed by atoms with E-state index in [1.54, 1.807) is 7.05 Å². The number of ether oxygens (including phenoxy) is 2. The van der Waals surface area contributed by atoms with E-state index in [1.165, 1.54) is 9.80 Å². The summed E-state index contributed by atoms with van der Waals surface area (Å²) in [5, 5.41) is 11.6. The number of thiocarbonyl (C=S) groups is 1. The number of aromatic nitrogens is 2. The predicted octanol–water partition coefficient (Wildman–Crippen LogP) is 3.85.